The fraction of sp³-hybridized carbons (Fsp3) is 0.429. The van der Waals surface area contributed by atoms with Crippen LogP contribution in [0, 0.1) is 6.92 Å². The minimum atomic E-state index is -0.221. The van der Waals surface area contributed by atoms with Crippen LogP contribution in [0.15, 0.2) is 18.2 Å². The quantitative estimate of drug-likeness (QED) is 0.599. The Morgan fingerprint density at radius 3 is 2.56 bits per heavy atom. The zero-order valence-electron chi connectivity index (χ0n) is 10.7. The van der Waals surface area contributed by atoms with E-state index >= 15 is 0 Å². The van der Waals surface area contributed by atoms with E-state index < -0.39 is 0 Å². The van der Waals surface area contributed by atoms with Gasteiger partial charge < -0.3 is 4.74 Å². The largest absolute Gasteiger partial charge is 0.466 e. The van der Waals surface area contributed by atoms with Crippen LogP contribution >= 0.6 is 15.9 Å². The minimum absolute atomic E-state index is 0.149. The van der Waals surface area contributed by atoms with Crippen LogP contribution in [0.1, 0.15) is 23.6 Å². The lowest BCUT2D eigenvalue weighted by molar-refractivity contribution is -0.142. The molecule has 0 radical (unpaired) electrons. The summed E-state index contributed by atoms with van der Waals surface area (Å²) < 4.78 is 4.90. The Hall–Kier alpha value is -1.16. The Balaban J connectivity index is 2.73. The van der Waals surface area contributed by atoms with Gasteiger partial charge in [0.15, 0.2) is 0 Å². The Labute approximate surface area is 116 Å². The van der Waals surface area contributed by atoms with E-state index in [0.29, 0.717) is 18.4 Å². The van der Waals surface area contributed by atoms with Gasteiger partial charge in [-0.2, -0.15) is 0 Å². The molecule has 0 bridgehead atoms. The van der Waals surface area contributed by atoms with Crippen molar-refractivity contribution in [2.45, 2.75) is 26.7 Å². The van der Waals surface area contributed by atoms with Crippen molar-refractivity contribution in [1.82, 2.24) is 0 Å². The zero-order chi connectivity index (χ0) is 13.5. The maximum Gasteiger partial charge on any atom is 0.310 e. The molecule has 0 saturated carbocycles. The lowest BCUT2D eigenvalue weighted by Crippen LogP contribution is -2.09. The number of esters is 1. The summed E-state index contributed by atoms with van der Waals surface area (Å²) in [5, 5.41) is 0.372. The predicted octanol–water partition coefficient (Wildman–Crippen LogP) is 2.61. The number of halogens is 1. The van der Waals surface area contributed by atoms with Crippen LogP contribution in [-0.4, -0.2) is 23.7 Å². The van der Waals surface area contributed by atoms with E-state index in [0.717, 1.165) is 16.7 Å². The Morgan fingerprint density at radius 2 is 2.00 bits per heavy atom. The third-order valence-corrected chi connectivity index (χ3v) is 3.22. The number of alkyl halides is 1. The molecule has 0 spiro atoms. The molecule has 1 rings (SSSR count). The molecule has 0 fully saturated rings. The summed E-state index contributed by atoms with van der Waals surface area (Å²) >= 11 is 3.15. The van der Waals surface area contributed by atoms with E-state index in [4.69, 9.17) is 4.74 Å². The summed E-state index contributed by atoms with van der Waals surface area (Å²) in [6, 6.07) is 5.72. The molecule has 1 aromatic rings. The van der Waals surface area contributed by atoms with Gasteiger partial charge in [-0.05, 0) is 30.5 Å². The Morgan fingerprint density at radius 1 is 1.28 bits per heavy atom. The highest BCUT2D eigenvalue weighted by molar-refractivity contribution is 9.09. The van der Waals surface area contributed by atoms with Gasteiger partial charge in [-0.3, -0.25) is 9.59 Å². The number of Topliss-reactive ketones (excluding diaryl/α,β-unsaturated/α-hetero) is 1. The number of ketones is 1. The molecule has 0 unspecified atom stereocenters. The molecular formula is C14H17BrO3. The Bertz CT molecular complexity index is 441. The molecule has 0 aliphatic rings. The summed E-state index contributed by atoms with van der Waals surface area (Å²) in [6.45, 7) is 4.14. The second-order valence-corrected chi connectivity index (χ2v) is 4.65. The van der Waals surface area contributed by atoms with E-state index in [2.05, 4.69) is 15.9 Å². The van der Waals surface area contributed by atoms with Gasteiger partial charge >= 0.3 is 5.97 Å². The molecule has 0 aromatic heterocycles. The summed E-state index contributed by atoms with van der Waals surface area (Å²) in [7, 11) is 0. The summed E-state index contributed by atoms with van der Waals surface area (Å²) in [6.07, 6.45) is 0.706. The van der Waals surface area contributed by atoms with Crippen molar-refractivity contribution in [1.29, 1.82) is 0 Å². The molecule has 0 atom stereocenters. The lowest BCUT2D eigenvalue weighted by atomic mass is 10.00. The van der Waals surface area contributed by atoms with Crippen molar-refractivity contribution in [3.05, 3.63) is 34.9 Å². The molecular weight excluding hydrogens is 296 g/mol. The fourth-order valence-electron chi connectivity index (χ4n) is 1.70. The van der Waals surface area contributed by atoms with Gasteiger partial charge in [-0.15, -0.1) is 0 Å². The lowest BCUT2D eigenvalue weighted by Gasteiger charge is -2.07. The topological polar surface area (TPSA) is 43.4 Å². The molecule has 0 amide bonds. The molecule has 0 aliphatic carbocycles. The first-order valence-electron chi connectivity index (χ1n) is 5.88. The maximum absolute atomic E-state index is 11.4. The van der Waals surface area contributed by atoms with Crippen molar-refractivity contribution in [3.63, 3.8) is 0 Å². The van der Waals surface area contributed by atoms with Crippen molar-refractivity contribution < 1.29 is 14.3 Å². The molecule has 0 heterocycles. The SMILES string of the molecule is CCOC(=O)Cc1ccc(CC(=O)CBr)c(C)c1. The number of rotatable bonds is 6. The van der Waals surface area contributed by atoms with Crippen LogP contribution in [0.2, 0.25) is 0 Å². The van der Waals surface area contributed by atoms with Gasteiger partial charge in [0.25, 0.3) is 0 Å². The van der Waals surface area contributed by atoms with Crippen LogP contribution in [0.5, 0.6) is 0 Å². The van der Waals surface area contributed by atoms with E-state index in [1.807, 2.05) is 25.1 Å². The molecule has 18 heavy (non-hydrogen) atoms. The van der Waals surface area contributed by atoms with Crippen LogP contribution in [0.25, 0.3) is 0 Å². The first-order chi connectivity index (χ1) is 8.56. The predicted molar refractivity (Wildman–Crippen MR) is 74.0 cm³/mol. The molecule has 4 heteroatoms. The van der Waals surface area contributed by atoms with E-state index in [1.54, 1.807) is 6.92 Å². The van der Waals surface area contributed by atoms with E-state index in [-0.39, 0.29) is 18.2 Å². The second-order valence-electron chi connectivity index (χ2n) is 4.09. The molecule has 0 saturated heterocycles. The maximum atomic E-state index is 11.4. The average Bonchev–Trinajstić information content (AvgIpc) is 2.32. The van der Waals surface area contributed by atoms with Gasteiger partial charge in [0.1, 0.15) is 5.78 Å². The smallest absolute Gasteiger partial charge is 0.310 e. The third kappa shape index (κ3) is 4.61. The highest BCUT2D eigenvalue weighted by Crippen LogP contribution is 2.13. The number of carbonyl (C=O) groups excluding carboxylic acids is 2. The monoisotopic (exact) mass is 312 g/mol. The molecule has 0 N–H and O–H groups in total. The van der Waals surface area contributed by atoms with Crippen molar-refractivity contribution in [2.75, 3.05) is 11.9 Å². The summed E-state index contributed by atoms with van der Waals surface area (Å²) in [5.74, 6) is -0.0718. The Kier molecular flexibility index (Phi) is 6.05. The standard InChI is InChI=1S/C14H17BrO3/c1-3-18-14(17)7-11-4-5-12(10(2)6-11)8-13(16)9-15/h4-6H,3,7-9H2,1-2H3. The first-order valence-corrected chi connectivity index (χ1v) is 7.00. The number of aryl methyl sites for hydroxylation is 1. The van der Waals surface area contributed by atoms with Gasteiger partial charge in [0, 0.05) is 6.42 Å². The highest BCUT2D eigenvalue weighted by atomic mass is 79.9. The van der Waals surface area contributed by atoms with Crippen LogP contribution in [0.3, 0.4) is 0 Å². The number of ether oxygens (including phenoxy) is 1. The van der Waals surface area contributed by atoms with Gasteiger partial charge in [0.05, 0.1) is 18.4 Å². The van der Waals surface area contributed by atoms with Crippen LogP contribution in [0.4, 0.5) is 0 Å². The summed E-state index contributed by atoms with van der Waals surface area (Å²) in [4.78, 5) is 22.7. The number of carbonyl (C=O) groups is 2. The number of benzene rings is 1. The third-order valence-electron chi connectivity index (χ3n) is 2.60. The minimum Gasteiger partial charge on any atom is -0.466 e. The fourth-order valence-corrected chi connectivity index (χ4v) is 1.90. The van der Waals surface area contributed by atoms with Gasteiger partial charge in [-0.25, -0.2) is 0 Å². The molecule has 1 aromatic carbocycles. The first kappa shape index (κ1) is 14.9. The van der Waals surface area contributed by atoms with Gasteiger partial charge in [-0.1, -0.05) is 34.1 Å². The molecule has 98 valence electrons. The zero-order valence-corrected chi connectivity index (χ0v) is 12.2. The second kappa shape index (κ2) is 7.31. The van der Waals surface area contributed by atoms with Crippen molar-refractivity contribution in [3.8, 4) is 0 Å². The van der Waals surface area contributed by atoms with Crippen molar-refractivity contribution >= 4 is 27.7 Å². The summed E-state index contributed by atoms with van der Waals surface area (Å²) in [5.41, 5.74) is 2.96. The molecule has 0 aliphatic heterocycles. The van der Waals surface area contributed by atoms with E-state index in [1.165, 1.54) is 0 Å². The average molecular weight is 313 g/mol. The van der Waals surface area contributed by atoms with Crippen LogP contribution in [-0.2, 0) is 27.2 Å². The number of hydrogen-bond donors (Lipinski definition) is 0. The van der Waals surface area contributed by atoms with Gasteiger partial charge in [0.2, 0.25) is 0 Å². The normalized spacial score (nSPS) is 10.2. The van der Waals surface area contributed by atoms with Crippen molar-refractivity contribution in [2.24, 2.45) is 0 Å². The highest BCUT2D eigenvalue weighted by Gasteiger charge is 2.08. The molecule has 3 nitrogen and oxygen atoms in total. The van der Waals surface area contributed by atoms with Crippen LogP contribution < -0.4 is 0 Å². The van der Waals surface area contributed by atoms with E-state index in [9.17, 15) is 9.59 Å². The number of hydrogen-bond acceptors (Lipinski definition) is 3.